The van der Waals surface area contributed by atoms with Gasteiger partial charge < -0.3 is 28.7 Å². The van der Waals surface area contributed by atoms with Crippen LogP contribution in [0.25, 0.3) is 11.3 Å². The molecule has 1 amide bonds. The van der Waals surface area contributed by atoms with E-state index in [1.807, 2.05) is 25.1 Å². The van der Waals surface area contributed by atoms with Crippen LogP contribution in [0.4, 0.5) is 5.82 Å². The predicted octanol–water partition coefficient (Wildman–Crippen LogP) is 2.64. The number of H-pyrrole nitrogens is 1. The second kappa shape index (κ2) is 10.5. The molecule has 1 aliphatic heterocycles. The predicted molar refractivity (Wildman–Crippen MR) is 130 cm³/mol. The van der Waals surface area contributed by atoms with E-state index in [0.29, 0.717) is 47.6 Å². The molecule has 11 heteroatoms. The van der Waals surface area contributed by atoms with Gasteiger partial charge >= 0.3 is 0 Å². The number of methoxy groups -OCH3 is 3. The van der Waals surface area contributed by atoms with Crippen molar-refractivity contribution in [3.8, 4) is 34.4 Å². The van der Waals surface area contributed by atoms with Crippen LogP contribution in [0.15, 0.2) is 30.3 Å². The van der Waals surface area contributed by atoms with Crippen LogP contribution in [0.1, 0.15) is 23.3 Å². The van der Waals surface area contributed by atoms with Crippen molar-refractivity contribution in [1.82, 2.24) is 25.3 Å². The summed E-state index contributed by atoms with van der Waals surface area (Å²) in [6.45, 7) is 1.09. The number of piperidine rings is 1. The van der Waals surface area contributed by atoms with Crippen LogP contribution in [0.5, 0.6) is 23.1 Å². The summed E-state index contributed by atoms with van der Waals surface area (Å²) < 4.78 is 22.2. The molecule has 0 spiro atoms. The van der Waals surface area contributed by atoms with Gasteiger partial charge in [-0.05, 0) is 37.1 Å². The van der Waals surface area contributed by atoms with Gasteiger partial charge in [-0.15, -0.1) is 10.2 Å². The average molecular weight is 483 g/mol. The maximum Gasteiger partial charge on any atom is 0.272 e. The van der Waals surface area contributed by atoms with Crippen molar-refractivity contribution < 1.29 is 23.7 Å². The van der Waals surface area contributed by atoms with Gasteiger partial charge in [-0.2, -0.15) is 5.10 Å². The highest BCUT2D eigenvalue weighted by atomic mass is 16.5. The zero-order valence-electron chi connectivity index (χ0n) is 20.6. The fourth-order valence-electron chi connectivity index (χ4n) is 3.98. The molecule has 0 bridgehead atoms. The number of ether oxygens (including phenoxy) is 4. The van der Waals surface area contributed by atoms with Gasteiger partial charge in [-0.1, -0.05) is 0 Å². The smallest absolute Gasteiger partial charge is 0.272 e. The van der Waals surface area contributed by atoms with E-state index in [2.05, 4.69) is 20.4 Å². The third kappa shape index (κ3) is 5.23. The van der Waals surface area contributed by atoms with E-state index in [0.717, 1.165) is 24.2 Å². The van der Waals surface area contributed by atoms with Gasteiger partial charge in [0.05, 0.1) is 33.6 Å². The van der Waals surface area contributed by atoms with E-state index in [1.165, 1.54) is 0 Å². The number of rotatable bonds is 8. The Morgan fingerprint density at radius 2 is 1.80 bits per heavy atom. The van der Waals surface area contributed by atoms with Crippen molar-refractivity contribution in [2.24, 2.45) is 0 Å². The molecule has 1 fully saturated rings. The van der Waals surface area contributed by atoms with Gasteiger partial charge in [0.2, 0.25) is 11.6 Å². The second-order valence-electron chi connectivity index (χ2n) is 8.34. The van der Waals surface area contributed by atoms with Gasteiger partial charge in [0.15, 0.2) is 17.3 Å². The third-order valence-electron chi connectivity index (χ3n) is 5.81. The van der Waals surface area contributed by atoms with Crippen LogP contribution in [0, 0.1) is 0 Å². The van der Waals surface area contributed by atoms with Crippen LogP contribution in [-0.4, -0.2) is 85.8 Å². The Hall–Kier alpha value is -4.02. The van der Waals surface area contributed by atoms with Crippen LogP contribution < -0.4 is 23.8 Å². The Morgan fingerprint density at radius 3 is 2.40 bits per heavy atom. The first-order chi connectivity index (χ1) is 16.9. The summed E-state index contributed by atoms with van der Waals surface area (Å²) in [6, 6.07) is 8.95. The van der Waals surface area contributed by atoms with Gasteiger partial charge in [0, 0.05) is 32.3 Å². The first kappa shape index (κ1) is 24.1. The number of hydrogen-bond acceptors (Lipinski definition) is 9. The average Bonchev–Trinajstić information content (AvgIpc) is 3.38. The molecule has 186 valence electrons. The Bertz CT molecular complexity index is 1140. The molecule has 0 radical (unpaired) electrons. The quantitative estimate of drug-likeness (QED) is 0.517. The molecule has 11 nitrogen and oxygen atoms in total. The van der Waals surface area contributed by atoms with E-state index < -0.39 is 0 Å². The van der Waals surface area contributed by atoms with E-state index in [-0.39, 0.29) is 12.0 Å². The number of carbonyl (C=O) groups is 1. The lowest BCUT2D eigenvalue weighted by atomic mass is 10.1. The van der Waals surface area contributed by atoms with Crippen molar-refractivity contribution in [3.05, 3.63) is 36.0 Å². The number of amides is 1. The van der Waals surface area contributed by atoms with Gasteiger partial charge in [-0.3, -0.25) is 9.89 Å². The summed E-state index contributed by atoms with van der Waals surface area (Å²) in [7, 11) is 8.46. The van der Waals surface area contributed by atoms with E-state index in [9.17, 15) is 4.79 Å². The van der Waals surface area contributed by atoms with Crippen molar-refractivity contribution in [1.29, 1.82) is 0 Å². The first-order valence-electron chi connectivity index (χ1n) is 11.3. The number of aromatic amines is 1. The zero-order chi connectivity index (χ0) is 24.9. The SMILES string of the molecule is COc1cc(-c2cc(C(=O)N3CCCC(Oc4ccc(N(C)C)nn4)C3)[nH]n2)cc(OC)c1OC. The number of likely N-dealkylation sites (tertiary alicyclic amines) is 1. The van der Waals surface area contributed by atoms with Crippen LogP contribution >= 0.6 is 0 Å². The van der Waals surface area contributed by atoms with E-state index in [4.69, 9.17) is 18.9 Å². The van der Waals surface area contributed by atoms with Crippen molar-refractivity contribution in [2.45, 2.75) is 18.9 Å². The summed E-state index contributed by atoms with van der Waals surface area (Å²) in [5.41, 5.74) is 1.72. The molecule has 1 aliphatic rings. The number of carbonyl (C=O) groups excluding carboxylic acids is 1. The lowest BCUT2D eigenvalue weighted by molar-refractivity contribution is 0.0520. The molecule has 0 aliphatic carbocycles. The topological polar surface area (TPSA) is 115 Å². The van der Waals surface area contributed by atoms with Crippen molar-refractivity contribution in [2.75, 3.05) is 53.4 Å². The van der Waals surface area contributed by atoms with Crippen LogP contribution in [-0.2, 0) is 0 Å². The Morgan fingerprint density at radius 1 is 1.06 bits per heavy atom. The lowest BCUT2D eigenvalue weighted by Crippen LogP contribution is -2.44. The fourth-order valence-corrected chi connectivity index (χ4v) is 3.98. The summed E-state index contributed by atoms with van der Waals surface area (Å²) in [5, 5.41) is 15.5. The third-order valence-corrected chi connectivity index (χ3v) is 5.81. The molecule has 2 aromatic heterocycles. The molecule has 1 aromatic carbocycles. The molecular weight excluding hydrogens is 452 g/mol. The van der Waals surface area contributed by atoms with Gasteiger partial charge in [0.1, 0.15) is 11.8 Å². The molecule has 1 N–H and O–H groups in total. The number of aromatic nitrogens is 4. The molecule has 3 heterocycles. The number of anilines is 1. The van der Waals surface area contributed by atoms with Gasteiger partial charge in [-0.25, -0.2) is 0 Å². The summed E-state index contributed by atoms with van der Waals surface area (Å²) in [6.07, 6.45) is 1.50. The number of benzene rings is 1. The standard InChI is InChI=1S/C24H30N6O5/c1-29(2)21-8-9-22(28-27-21)35-16-7-6-10-30(14-16)24(31)18-13-17(25-26-18)15-11-19(32-3)23(34-5)20(12-15)33-4/h8-9,11-13,16H,6-7,10,14H2,1-5H3,(H,25,26). The normalized spacial score (nSPS) is 15.5. The highest BCUT2D eigenvalue weighted by molar-refractivity contribution is 5.93. The Balaban J connectivity index is 1.46. The highest BCUT2D eigenvalue weighted by Crippen LogP contribution is 2.40. The van der Waals surface area contributed by atoms with Crippen LogP contribution in [0.3, 0.4) is 0 Å². The Kier molecular flexibility index (Phi) is 7.23. The lowest BCUT2D eigenvalue weighted by Gasteiger charge is -2.32. The van der Waals surface area contributed by atoms with Gasteiger partial charge in [0.25, 0.3) is 5.91 Å². The minimum absolute atomic E-state index is 0.140. The second-order valence-corrected chi connectivity index (χ2v) is 8.34. The molecule has 1 atom stereocenters. The molecule has 1 unspecified atom stereocenters. The molecule has 35 heavy (non-hydrogen) atoms. The summed E-state index contributed by atoms with van der Waals surface area (Å²) >= 11 is 0. The molecule has 3 aromatic rings. The minimum atomic E-state index is -0.162. The minimum Gasteiger partial charge on any atom is -0.493 e. The molecule has 0 saturated carbocycles. The van der Waals surface area contributed by atoms with E-state index in [1.54, 1.807) is 50.5 Å². The summed E-state index contributed by atoms with van der Waals surface area (Å²) in [4.78, 5) is 16.8. The first-order valence-corrected chi connectivity index (χ1v) is 11.3. The molecule has 4 rings (SSSR count). The Labute approximate surface area is 203 Å². The maximum atomic E-state index is 13.2. The molecule has 1 saturated heterocycles. The molecular formula is C24H30N6O5. The zero-order valence-corrected chi connectivity index (χ0v) is 20.6. The van der Waals surface area contributed by atoms with E-state index >= 15 is 0 Å². The van der Waals surface area contributed by atoms with Crippen molar-refractivity contribution in [3.63, 3.8) is 0 Å². The maximum absolute atomic E-state index is 13.2. The number of hydrogen-bond donors (Lipinski definition) is 1. The fraction of sp³-hybridized carbons (Fsp3) is 0.417. The number of nitrogens with one attached hydrogen (secondary N) is 1. The monoisotopic (exact) mass is 482 g/mol. The van der Waals surface area contributed by atoms with Crippen molar-refractivity contribution >= 4 is 11.7 Å². The largest absolute Gasteiger partial charge is 0.493 e. The summed E-state index contributed by atoms with van der Waals surface area (Å²) in [5.74, 6) is 2.57. The van der Waals surface area contributed by atoms with Crippen LogP contribution in [0.2, 0.25) is 0 Å². The number of nitrogens with zero attached hydrogens (tertiary/aromatic N) is 5. The highest BCUT2D eigenvalue weighted by Gasteiger charge is 2.27.